The van der Waals surface area contributed by atoms with Gasteiger partial charge in [-0.3, -0.25) is 9.59 Å². The van der Waals surface area contributed by atoms with Gasteiger partial charge in [-0.05, 0) is 56.7 Å². The maximum Gasteiger partial charge on any atom is 0.230 e. The van der Waals surface area contributed by atoms with Crippen molar-refractivity contribution in [2.75, 3.05) is 44.2 Å². The second-order valence-electron chi connectivity index (χ2n) is 8.53. The van der Waals surface area contributed by atoms with Gasteiger partial charge < -0.3 is 14.7 Å². The number of benzene rings is 1. The Kier molecular flexibility index (Phi) is 6.00. The van der Waals surface area contributed by atoms with Gasteiger partial charge in [-0.2, -0.15) is 0 Å². The van der Waals surface area contributed by atoms with Crippen molar-refractivity contribution < 1.29 is 9.59 Å². The van der Waals surface area contributed by atoms with Crippen molar-refractivity contribution in [3.63, 3.8) is 0 Å². The third-order valence-electron chi connectivity index (χ3n) is 6.93. The number of hydrogen-bond acceptors (Lipinski definition) is 3. The lowest BCUT2D eigenvalue weighted by Gasteiger charge is -2.38. The highest BCUT2D eigenvalue weighted by atomic mass is 16.2. The van der Waals surface area contributed by atoms with E-state index in [4.69, 9.17) is 0 Å². The van der Waals surface area contributed by atoms with Gasteiger partial charge in [0.2, 0.25) is 11.8 Å². The van der Waals surface area contributed by atoms with Gasteiger partial charge in [0.1, 0.15) is 0 Å². The molecule has 5 nitrogen and oxygen atoms in total. The first-order chi connectivity index (χ1) is 13.7. The highest BCUT2D eigenvalue weighted by Gasteiger charge is 2.35. The minimum Gasteiger partial charge on any atom is -0.340 e. The molecule has 1 aromatic carbocycles. The van der Waals surface area contributed by atoms with E-state index in [-0.39, 0.29) is 17.7 Å². The van der Waals surface area contributed by atoms with Gasteiger partial charge >= 0.3 is 0 Å². The summed E-state index contributed by atoms with van der Waals surface area (Å²) in [5.74, 6) is 0.789. The number of aryl methyl sites for hydroxylation is 1. The van der Waals surface area contributed by atoms with Gasteiger partial charge in [0, 0.05) is 50.2 Å². The number of rotatable bonds is 3. The predicted molar refractivity (Wildman–Crippen MR) is 111 cm³/mol. The van der Waals surface area contributed by atoms with Crippen LogP contribution in [0.1, 0.15) is 44.6 Å². The molecule has 28 heavy (non-hydrogen) atoms. The first-order valence-corrected chi connectivity index (χ1v) is 11.1. The van der Waals surface area contributed by atoms with Crippen molar-refractivity contribution in [1.82, 2.24) is 9.80 Å². The Labute approximate surface area is 168 Å². The van der Waals surface area contributed by atoms with Crippen molar-refractivity contribution in [2.45, 2.75) is 45.4 Å². The average molecular weight is 384 g/mol. The molecule has 2 heterocycles. The van der Waals surface area contributed by atoms with E-state index in [0.29, 0.717) is 5.91 Å². The van der Waals surface area contributed by atoms with Crippen LogP contribution in [0.15, 0.2) is 24.3 Å². The summed E-state index contributed by atoms with van der Waals surface area (Å²) in [5.41, 5.74) is 2.39. The Balaban J connectivity index is 1.32. The number of fused-ring (bicyclic) bond motifs is 1. The largest absolute Gasteiger partial charge is 0.340 e. The first kappa shape index (κ1) is 19.4. The fourth-order valence-corrected chi connectivity index (χ4v) is 5.11. The molecule has 3 aliphatic rings. The maximum atomic E-state index is 13.2. The molecule has 5 heteroatoms. The average Bonchev–Trinajstić information content (AvgIpc) is 2.78. The summed E-state index contributed by atoms with van der Waals surface area (Å²) in [6, 6.07) is 8.31. The van der Waals surface area contributed by atoms with Crippen molar-refractivity contribution in [1.29, 1.82) is 0 Å². The van der Waals surface area contributed by atoms with Crippen molar-refractivity contribution >= 4 is 17.5 Å². The van der Waals surface area contributed by atoms with Gasteiger partial charge in [-0.15, -0.1) is 0 Å². The highest BCUT2D eigenvalue weighted by molar-refractivity contribution is 5.96. The normalized spacial score (nSPS) is 26.0. The lowest BCUT2D eigenvalue weighted by Crippen LogP contribution is -2.50. The molecule has 0 radical (unpaired) electrons. The molecule has 4 rings (SSSR count). The number of para-hydroxylation sites is 1. The fourth-order valence-electron chi connectivity index (χ4n) is 5.11. The van der Waals surface area contributed by atoms with Crippen LogP contribution in [-0.4, -0.2) is 60.9 Å². The molecule has 2 fully saturated rings. The van der Waals surface area contributed by atoms with Crippen LogP contribution in [0.25, 0.3) is 0 Å². The second kappa shape index (κ2) is 8.64. The predicted octanol–water partition coefficient (Wildman–Crippen LogP) is 2.94. The molecule has 2 amide bonds. The van der Waals surface area contributed by atoms with Gasteiger partial charge in [0.25, 0.3) is 0 Å². The zero-order chi connectivity index (χ0) is 19.5. The summed E-state index contributed by atoms with van der Waals surface area (Å²) >= 11 is 0. The molecular formula is C23H33N3O2. The number of likely N-dealkylation sites (N-methyl/N-ethyl adjacent to an activating group) is 1. The summed E-state index contributed by atoms with van der Waals surface area (Å²) in [6.07, 6.45) is 5.52. The van der Waals surface area contributed by atoms with Crippen LogP contribution in [0.4, 0.5) is 5.69 Å². The second-order valence-corrected chi connectivity index (χ2v) is 8.53. The molecule has 1 saturated carbocycles. The molecule has 1 aromatic rings. The molecule has 1 saturated heterocycles. The van der Waals surface area contributed by atoms with Crippen LogP contribution in [0.3, 0.4) is 0 Å². The summed E-state index contributed by atoms with van der Waals surface area (Å²) in [6.45, 7) is 7.77. The minimum atomic E-state index is 0.0761. The van der Waals surface area contributed by atoms with Crippen LogP contribution >= 0.6 is 0 Å². The molecule has 0 aromatic heterocycles. The molecular weight excluding hydrogens is 350 g/mol. The third-order valence-corrected chi connectivity index (χ3v) is 6.93. The highest BCUT2D eigenvalue weighted by Crippen LogP contribution is 2.34. The topological polar surface area (TPSA) is 43.9 Å². The first-order valence-electron chi connectivity index (χ1n) is 11.1. The third kappa shape index (κ3) is 3.95. The van der Waals surface area contributed by atoms with Crippen LogP contribution in [0.5, 0.6) is 0 Å². The standard InChI is InChI=1S/C23H33N3O2/c1-2-24-14-16-25(17-15-24)22(27)19-9-11-20(12-10-19)23(28)26-13-5-7-18-6-3-4-8-21(18)26/h3-4,6,8,19-20H,2,5,7,9-17H2,1H3. The Morgan fingerprint density at radius 3 is 2.21 bits per heavy atom. The summed E-state index contributed by atoms with van der Waals surface area (Å²) < 4.78 is 0. The molecule has 1 aliphatic carbocycles. The van der Waals surface area contributed by atoms with E-state index in [2.05, 4.69) is 34.9 Å². The number of amides is 2. The summed E-state index contributed by atoms with van der Waals surface area (Å²) in [4.78, 5) is 32.6. The van der Waals surface area contributed by atoms with Crippen molar-refractivity contribution in [2.24, 2.45) is 11.8 Å². The number of anilines is 1. The van der Waals surface area contributed by atoms with Crippen LogP contribution in [0, 0.1) is 11.8 Å². The zero-order valence-corrected chi connectivity index (χ0v) is 17.1. The molecule has 0 bridgehead atoms. The smallest absolute Gasteiger partial charge is 0.230 e. The lowest BCUT2D eigenvalue weighted by molar-refractivity contribution is -0.139. The number of hydrogen-bond donors (Lipinski definition) is 0. The van der Waals surface area contributed by atoms with E-state index in [1.165, 1.54) is 5.56 Å². The summed E-state index contributed by atoms with van der Waals surface area (Å²) in [7, 11) is 0. The van der Waals surface area contributed by atoms with Crippen molar-refractivity contribution in [3.05, 3.63) is 29.8 Å². The lowest BCUT2D eigenvalue weighted by atomic mass is 9.80. The molecule has 152 valence electrons. The zero-order valence-electron chi connectivity index (χ0n) is 17.1. The van der Waals surface area contributed by atoms with Crippen molar-refractivity contribution in [3.8, 4) is 0 Å². The number of carbonyl (C=O) groups excluding carboxylic acids is 2. The monoisotopic (exact) mass is 383 g/mol. The van der Waals surface area contributed by atoms with E-state index in [9.17, 15) is 9.59 Å². The number of piperazine rings is 1. The van der Waals surface area contributed by atoms with E-state index in [1.807, 2.05) is 11.0 Å². The van der Waals surface area contributed by atoms with Gasteiger partial charge in [-0.1, -0.05) is 25.1 Å². The van der Waals surface area contributed by atoms with Gasteiger partial charge in [0.05, 0.1) is 0 Å². The minimum absolute atomic E-state index is 0.0761. The molecule has 0 atom stereocenters. The molecule has 0 unspecified atom stereocenters. The number of nitrogens with zero attached hydrogens (tertiary/aromatic N) is 3. The quantitative estimate of drug-likeness (QED) is 0.806. The SMILES string of the molecule is CCN1CCN(C(=O)C2CCC(C(=O)N3CCCc4ccccc43)CC2)CC1. The summed E-state index contributed by atoms with van der Waals surface area (Å²) in [5, 5.41) is 0. The Hall–Kier alpha value is -1.88. The molecule has 2 aliphatic heterocycles. The van der Waals surface area contributed by atoms with E-state index < -0.39 is 0 Å². The fraction of sp³-hybridized carbons (Fsp3) is 0.652. The maximum absolute atomic E-state index is 13.2. The van der Waals surface area contributed by atoms with Crippen LogP contribution < -0.4 is 4.90 Å². The Morgan fingerprint density at radius 1 is 0.893 bits per heavy atom. The Bertz CT molecular complexity index is 704. The van der Waals surface area contributed by atoms with Gasteiger partial charge in [0.15, 0.2) is 0 Å². The molecule has 0 spiro atoms. The van der Waals surface area contributed by atoms with Crippen LogP contribution in [-0.2, 0) is 16.0 Å². The van der Waals surface area contributed by atoms with E-state index >= 15 is 0 Å². The molecule has 0 N–H and O–H groups in total. The van der Waals surface area contributed by atoms with E-state index in [0.717, 1.165) is 83.5 Å². The van der Waals surface area contributed by atoms with E-state index in [1.54, 1.807) is 0 Å². The Morgan fingerprint density at radius 2 is 1.54 bits per heavy atom. The van der Waals surface area contributed by atoms with Gasteiger partial charge in [-0.25, -0.2) is 0 Å². The number of carbonyl (C=O) groups is 2. The van der Waals surface area contributed by atoms with Crippen LogP contribution in [0.2, 0.25) is 0 Å².